The molecule has 0 aromatic carbocycles. The molecule has 2 aromatic heterocycles. The van der Waals surface area contributed by atoms with Gasteiger partial charge in [-0.15, -0.1) is 0 Å². The number of carbonyl (C=O) groups excluding carboxylic acids is 1. The lowest BCUT2D eigenvalue weighted by atomic mass is 9.94. The van der Waals surface area contributed by atoms with Crippen molar-refractivity contribution in [2.24, 2.45) is 0 Å². The summed E-state index contributed by atoms with van der Waals surface area (Å²) in [5.74, 6) is 1.64. The van der Waals surface area contributed by atoms with Gasteiger partial charge in [-0.2, -0.15) is 5.10 Å². The van der Waals surface area contributed by atoms with Crippen LogP contribution in [0.3, 0.4) is 0 Å². The molecule has 0 saturated heterocycles. The van der Waals surface area contributed by atoms with Crippen LogP contribution in [0, 0.1) is 0 Å². The Hall–Kier alpha value is -2.15. The summed E-state index contributed by atoms with van der Waals surface area (Å²) in [5, 5.41) is 7.59. The van der Waals surface area contributed by atoms with Gasteiger partial charge in [0.15, 0.2) is 0 Å². The number of carbonyl (C=O) groups is 1. The smallest absolute Gasteiger partial charge is 0.223 e. The summed E-state index contributed by atoms with van der Waals surface area (Å²) in [5.41, 5.74) is 4.55. The average Bonchev–Trinajstić information content (AvgIpc) is 3.22. The van der Waals surface area contributed by atoms with Gasteiger partial charge in [0.25, 0.3) is 0 Å². The molecular formula is C18H24N4O3. The summed E-state index contributed by atoms with van der Waals surface area (Å²) in [4.78, 5) is 18.9. The molecule has 0 fully saturated rings. The van der Waals surface area contributed by atoms with Crippen molar-refractivity contribution < 1.29 is 13.9 Å². The molecule has 7 nitrogen and oxygen atoms in total. The Kier molecular flexibility index (Phi) is 4.57. The van der Waals surface area contributed by atoms with E-state index in [9.17, 15) is 4.79 Å². The Morgan fingerprint density at radius 1 is 1.32 bits per heavy atom. The lowest BCUT2D eigenvalue weighted by Gasteiger charge is -2.25. The lowest BCUT2D eigenvalue weighted by Crippen LogP contribution is -2.36. The molecule has 134 valence electrons. The van der Waals surface area contributed by atoms with Crippen LogP contribution in [0.25, 0.3) is 0 Å². The number of aromatic amines is 1. The second-order valence-corrected chi connectivity index (χ2v) is 6.81. The monoisotopic (exact) mass is 344 g/mol. The summed E-state index contributed by atoms with van der Waals surface area (Å²) in [6, 6.07) is 0. The summed E-state index contributed by atoms with van der Waals surface area (Å²) < 4.78 is 10.7. The van der Waals surface area contributed by atoms with Crippen molar-refractivity contribution in [1.29, 1.82) is 0 Å². The van der Waals surface area contributed by atoms with Crippen LogP contribution in [0.2, 0.25) is 0 Å². The number of oxazole rings is 1. The Labute approximate surface area is 146 Å². The lowest BCUT2D eigenvalue weighted by molar-refractivity contribution is -0.132. The zero-order valence-corrected chi connectivity index (χ0v) is 14.6. The fourth-order valence-corrected chi connectivity index (χ4v) is 3.79. The number of rotatable bonds is 5. The molecule has 2 aromatic rings. The number of amides is 1. The quantitative estimate of drug-likeness (QED) is 0.896. The molecule has 0 atom stereocenters. The first-order chi connectivity index (χ1) is 12.2. The van der Waals surface area contributed by atoms with Crippen LogP contribution < -0.4 is 0 Å². The second kappa shape index (κ2) is 7.00. The maximum Gasteiger partial charge on any atom is 0.223 e. The number of fused-ring (bicyclic) bond motifs is 2. The maximum absolute atomic E-state index is 12.6. The fraction of sp³-hybridized carbons (Fsp3) is 0.611. The van der Waals surface area contributed by atoms with Gasteiger partial charge in [0.1, 0.15) is 18.1 Å². The molecule has 3 heterocycles. The zero-order chi connectivity index (χ0) is 17.2. The molecular weight excluding hydrogens is 320 g/mol. The molecule has 25 heavy (non-hydrogen) atoms. The van der Waals surface area contributed by atoms with Crippen LogP contribution in [-0.2, 0) is 48.4 Å². The van der Waals surface area contributed by atoms with E-state index >= 15 is 0 Å². The van der Waals surface area contributed by atoms with E-state index in [1.807, 2.05) is 4.90 Å². The molecule has 0 radical (unpaired) electrons. The van der Waals surface area contributed by atoms with E-state index in [-0.39, 0.29) is 5.91 Å². The molecule has 0 bridgehead atoms. The first-order valence-electron chi connectivity index (χ1n) is 9.03. The molecule has 0 spiro atoms. The summed E-state index contributed by atoms with van der Waals surface area (Å²) in [7, 11) is 1.62. The molecule has 7 heteroatoms. The third-order valence-corrected chi connectivity index (χ3v) is 5.11. The van der Waals surface area contributed by atoms with E-state index in [2.05, 4.69) is 15.2 Å². The minimum absolute atomic E-state index is 0.162. The van der Waals surface area contributed by atoms with Gasteiger partial charge in [0.2, 0.25) is 11.8 Å². The second-order valence-electron chi connectivity index (χ2n) is 6.81. The number of nitrogens with zero attached hydrogens (tertiary/aromatic N) is 3. The minimum atomic E-state index is 0.162. The van der Waals surface area contributed by atoms with Crippen molar-refractivity contribution in [2.45, 2.75) is 58.1 Å². The molecule has 1 aliphatic heterocycles. The molecule has 1 N–H and O–H groups in total. The first-order valence-corrected chi connectivity index (χ1v) is 9.03. The van der Waals surface area contributed by atoms with E-state index in [0.29, 0.717) is 38.4 Å². The van der Waals surface area contributed by atoms with Crippen LogP contribution in [0.4, 0.5) is 0 Å². The number of nitrogens with one attached hydrogen (secondary N) is 1. The molecule has 0 unspecified atom stereocenters. The maximum atomic E-state index is 12.6. The summed E-state index contributed by atoms with van der Waals surface area (Å²) in [6.07, 6.45) is 6.54. The van der Waals surface area contributed by atoms with Gasteiger partial charge in [-0.1, -0.05) is 0 Å². The normalized spacial score (nSPS) is 16.6. The molecule has 4 rings (SSSR count). The summed E-state index contributed by atoms with van der Waals surface area (Å²) >= 11 is 0. The standard InChI is InChI=1S/C18H24N4O3/c1-24-11-17-19-15-10-22(9-8-16(15)25-17)18(23)7-6-14-12-4-2-3-5-13(12)20-21-14/h2-11H2,1H3,(H,20,21). The largest absolute Gasteiger partial charge is 0.443 e. The van der Waals surface area contributed by atoms with Gasteiger partial charge in [-0.25, -0.2) is 4.98 Å². The zero-order valence-electron chi connectivity index (χ0n) is 14.6. The van der Waals surface area contributed by atoms with Crippen molar-refractivity contribution in [3.63, 3.8) is 0 Å². The topological polar surface area (TPSA) is 84.2 Å². The molecule has 2 aliphatic rings. The van der Waals surface area contributed by atoms with Crippen LogP contribution in [0.15, 0.2) is 4.42 Å². The van der Waals surface area contributed by atoms with Crippen molar-refractivity contribution in [3.8, 4) is 0 Å². The Morgan fingerprint density at radius 2 is 2.20 bits per heavy atom. The van der Waals surface area contributed by atoms with Gasteiger partial charge in [-0.05, 0) is 31.2 Å². The van der Waals surface area contributed by atoms with Crippen molar-refractivity contribution >= 4 is 5.91 Å². The van der Waals surface area contributed by atoms with Crippen LogP contribution in [0.5, 0.6) is 0 Å². The van der Waals surface area contributed by atoms with Crippen LogP contribution in [-0.4, -0.2) is 39.6 Å². The van der Waals surface area contributed by atoms with E-state index in [1.165, 1.54) is 24.1 Å². The van der Waals surface area contributed by atoms with E-state index in [0.717, 1.165) is 36.4 Å². The third kappa shape index (κ3) is 3.33. The number of methoxy groups -OCH3 is 1. The third-order valence-electron chi connectivity index (χ3n) is 5.11. The van der Waals surface area contributed by atoms with Gasteiger partial charge in [0.05, 0.1) is 12.2 Å². The highest BCUT2D eigenvalue weighted by Crippen LogP contribution is 2.24. The highest BCUT2D eigenvalue weighted by molar-refractivity contribution is 5.76. The van der Waals surface area contributed by atoms with Gasteiger partial charge < -0.3 is 14.1 Å². The van der Waals surface area contributed by atoms with E-state index in [4.69, 9.17) is 9.15 Å². The molecule has 1 aliphatic carbocycles. The fourth-order valence-electron chi connectivity index (χ4n) is 3.79. The number of hydrogen-bond acceptors (Lipinski definition) is 5. The minimum Gasteiger partial charge on any atom is -0.443 e. The Bertz CT molecular complexity index is 764. The van der Waals surface area contributed by atoms with E-state index < -0.39 is 0 Å². The summed E-state index contributed by atoms with van der Waals surface area (Å²) in [6.45, 7) is 1.58. The average molecular weight is 344 g/mol. The van der Waals surface area contributed by atoms with Crippen molar-refractivity contribution in [3.05, 3.63) is 34.3 Å². The van der Waals surface area contributed by atoms with Crippen LogP contribution in [0.1, 0.15) is 53.6 Å². The van der Waals surface area contributed by atoms with E-state index in [1.54, 1.807) is 7.11 Å². The number of H-pyrrole nitrogens is 1. The highest BCUT2D eigenvalue weighted by Gasteiger charge is 2.26. The first kappa shape index (κ1) is 16.3. The predicted octanol–water partition coefficient (Wildman–Crippen LogP) is 1.94. The van der Waals surface area contributed by atoms with Crippen molar-refractivity contribution in [1.82, 2.24) is 20.1 Å². The predicted molar refractivity (Wildman–Crippen MR) is 89.9 cm³/mol. The highest BCUT2D eigenvalue weighted by atomic mass is 16.5. The van der Waals surface area contributed by atoms with Crippen molar-refractivity contribution in [2.75, 3.05) is 13.7 Å². The van der Waals surface area contributed by atoms with Gasteiger partial charge >= 0.3 is 0 Å². The number of ether oxygens (including phenoxy) is 1. The number of aryl methyl sites for hydroxylation is 2. The SMILES string of the molecule is COCc1nc2c(o1)CCN(C(=O)CCc1n[nH]c3c1CCCC3)C2. The Balaban J connectivity index is 1.36. The number of aromatic nitrogens is 3. The molecule has 0 saturated carbocycles. The van der Waals surface area contributed by atoms with Gasteiger partial charge in [0, 0.05) is 38.6 Å². The molecule has 1 amide bonds. The van der Waals surface area contributed by atoms with Crippen LogP contribution >= 0.6 is 0 Å². The Morgan fingerprint density at radius 3 is 3.08 bits per heavy atom. The number of hydrogen-bond donors (Lipinski definition) is 1. The van der Waals surface area contributed by atoms with Gasteiger partial charge in [-0.3, -0.25) is 9.89 Å².